The maximum atomic E-state index is 12.5. The van der Waals surface area contributed by atoms with Gasteiger partial charge in [0.25, 0.3) is 0 Å². The summed E-state index contributed by atoms with van der Waals surface area (Å²) in [4.78, 5) is 26.1. The predicted molar refractivity (Wildman–Crippen MR) is 95.9 cm³/mol. The number of unbranched alkanes of at least 4 members (excludes halogenated alkanes) is 1. The largest absolute Gasteiger partial charge is 0.352 e. The second kappa shape index (κ2) is 8.64. The Hall–Kier alpha value is -2.14. The Morgan fingerprint density at radius 2 is 2.08 bits per heavy atom. The van der Waals surface area contributed by atoms with Crippen LogP contribution in [0.2, 0.25) is 0 Å². The van der Waals surface area contributed by atoms with E-state index in [9.17, 15) is 9.59 Å². The molecule has 2 rings (SSSR count). The lowest BCUT2D eigenvalue weighted by atomic mass is 9.93. The van der Waals surface area contributed by atoms with Crippen LogP contribution in [0.4, 0.5) is 0 Å². The number of carbonyl (C=O) groups excluding carboxylic acids is 2. The molecule has 0 aliphatic carbocycles. The third kappa shape index (κ3) is 4.45. The van der Waals surface area contributed by atoms with E-state index >= 15 is 0 Å². The van der Waals surface area contributed by atoms with Crippen molar-refractivity contribution in [2.45, 2.75) is 51.6 Å². The zero-order valence-corrected chi connectivity index (χ0v) is 14.5. The molecule has 5 heteroatoms. The van der Waals surface area contributed by atoms with Crippen molar-refractivity contribution in [3.05, 3.63) is 41.6 Å². The standard InChI is InChI=1S/C19H27N3O2/c1-3-4-8-16(13-20)21-19(24)12-18-17-9-6-5-7-15(17)10-11-22(18)14(2)23/h5-7,9-11,16,18H,3-4,8,12-13,20H2,1-2H3,(H,21,24). The lowest BCUT2D eigenvalue weighted by Gasteiger charge is -2.32. The van der Waals surface area contributed by atoms with Gasteiger partial charge in [0, 0.05) is 25.7 Å². The van der Waals surface area contributed by atoms with Crippen molar-refractivity contribution in [2.24, 2.45) is 5.73 Å². The van der Waals surface area contributed by atoms with Crippen molar-refractivity contribution in [3.63, 3.8) is 0 Å². The van der Waals surface area contributed by atoms with Crippen LogP contribution in [-0.4, -0.2) is 29.3 Å². The Balaban J connectivity index is 2.11. The number of hydrogen-bond donors (Lipinski definition) is 2. The number of nitrogens with two attached hydrogens (primary N) is 1. The van der Waals surface area contributed by atoms with E-state index in [0.717, 1.165) is 30.4 Å². The van der Waals surface area contributed by atoms with Crippen molar-refractivity contribution in [1.82, 2.24) is 10.2 Å². The van der Waals surface area contributed by atoms with Crippen LogP contribution in [0.25, 0.3) is 6.08 Å². The van der Waals surface area contributed by atoms with Crippen molar-refractivity contribution in [3.8, 4) is 0 Å². The summed E-state index contributed by atoms with van der Waals surface area (Å²) in [5, 5.41) is 3.01. The number of nitrogens with one attached hydrogen (secondary N) is 1. The van der Waals surface area contributed by atoms with Gasteiger partial charge in [0.2, 0.25) is 11.8 Å². The number of rotatable bonds is 7. The lowest BCUT2D eigenvalue weighted by Crippen LogP contribution is -2.42. The third-order valence-electron chi connectivity index (χ3n) is 4.40. The first-order chi connectivity index (χ1) is 11.6. The van der Waals surface area contributed by atoms with Gasteiger partial charge in [-0.2, -0.15) is 0 Å². The molecule has 1 aromatic carbocycles. The van der Waals surface area contributed by atoms with Crippen LogP contribution < -0.4 is 11.1 Å². The molecule has 1 aliphatic rings. The van der Waals surface area contributed by atoms with E-state index in [1.165, 1.54) is 6.92 Å². The smallest absolute Gasteiger partial charge is 0.223 e. The zero-order valence-electron chi connectivity index (χ0n) is 14.5. The van der Waals surface area contributed by atoms with Gasteiger partial charge in [-0.05, 0) is 23.6 Å². The van der Waals surface area contributed by atoms with E-state index in [-0.39, 0.29) is 30.3 Å². The molecule has 2 atom stereocenters. The maximum Gasteiger partial charge on any atom is 0.223 e. The first-order valence-corrected chi connectivity index (χ1v) is 8.62. The molecule has 0 radical (unpaired) electrons. The Labute approximate surface area is 143 Å². The van der Waals surface area contributed by atoms with Crippen molar-refractivity contribution in [2.75, 3.05) is 6.54 Å². The van der Waals surface area contributed by atoms with Crippen molar-refractivity contribution >= 4 is 17.9 Å². The molecule has 0 bridgehead atoms. The molecule has 0 spiro atoms. The number of carbonyl (C=O) groups is 2. The maximum absolute atomic E-state index is 12.5. The Morgan fingerprint density at radius 1 is 1.33 bits per heavy atom. The fourth-order valence-electron chi connectivity index (χ4n) is 3.07. The highest BCUT2D eigenvalue weighted by molar-refractivity contribution is 5.82. The van der Waals surface area contributed by atoms with E-state index in [4.69, 9.17) is 5.73 Å². The zero-order chi connectivity index (χ0) is 17.5. The fraction of sp³-hybridized carbons (Fsp3) is 0.474. The van der Waals surface area contributed by atoms with E-state index < -0.39 is 0 Å². The second-order valence-electron chi connectivity index (χ2n) is 6.23. The molecule has 5 nitrogen and oxygen atoms in total. The quantitative estimate of drug-likeness (QED) is 0.807. The summed E-state index contributed by atoms with van der Waals surface area (Å²) in [6.45, 7) is 4.07. The minimum absolute atomic E-state index is 0.00222. The van der Waals surface area contributed by atoms with E-state index in [0.29, 0.717) is 6.54 Å². The van der Waals surface area contributed by atoms with Gasteiger partial charge in [-0.1, -0.05) is 44.0 Å². The normalized spacial score (nSPS) is 17.3. The van der Waals surface area contributed by atoms with Gasteiger partial charge < -0.3 is 16.0 Å². The monoisotopic (exact) mass is 329 g/mol. The molecular weight excluding hydrogens is 302 g/mol. The summed E-state index contributed by atoms with van der Waals surface area (Å²) in [6.07, 6.45) is 6.91. The number of nitrogens with zero attached hydrogens (tertiary/aromatic N) is 1. The summed E-state index contributed by atoms with van der Waals surface area (Å²) in [5.74, 6) is -0.136. The summed E-state index contributed by atoms with van der Waals surface area (Å²) in [5.41, 5.74) is 7.81. The van der Waals surface area contributed by atoms with Crippen molar-refractivity contribution in [1.29, 1.82) is 0 Å². The molecule has 0 aromatic heterocycles. The van der Waals surface area contributed by atoms with Crippen LogP contribution in [0.15, 0.2) is 30.5 Å². The molecule has 1 aliphatic heterocycles. The minimum atomic E-state index is -0.270. The first kappa shape index (κ1) is 18.2. The van der Waals surface area contributed by atoms with E-state index in [1.54, 1.807) is 11.1 Å². The highest BCUT2D eigenvalue weighted by Gasteiger charge is 2.28. The van der Waals surface area contributed by atoms with Gasteiger partial charge in [0.05, 0.1) is 12.5 Å². The molecule has 0 saturated carbocycles. The molecular formula is C19H27N3O2. The molecule has 130 valence electrons. The molecule has 1 heterocycles. The van der Waals surface area contributed by atoms with E-state index in [2.05, 4.69) is 12.2 Å². The van der Waals surface area contributed by atoms with Crippen LogP contribution >= 0.6 is 0 Å². The molecule has 0 saturated heterocycles. The van der Waals surface area contributed by atoms with Gasteiger partial charge in [0.1, 0.15) is 0 Å². The van der Waals surface area contributed by atoms with Gasteiger partial charge in [0.15, 0.2) is 0 Å². The van der Waals surface area contributed by atoms with Crippen LogP contribution in [0.1, 0.15) is 56.7 Å². The average Bonchev–Trinajstić information content (AvgIpc) is 2.58. The highest BCUT2D eigenvalue weighted by atomic mass is 16.2. The van der Waals surface area contributed by atoms with Crippen LogP contribution in [0.5, 0.6) is 0 Å². The van der Waals surface area contributed by atoms with Crippen molar-refractivity contribution < 1.29 is 9.59 Å². The summed E-state index contributed by atoms with van der Waals surface area (Å²) in [6, 6.07) is 7.60. The number of hydrogen-bond acceptors (Lipinski definition) is 3. The fourth-order valence-corrected chi connectivity index (χ4v) is 3.07. The topological polar surface area (TPSA) is 75.4 Å². The molecule has 2 unspecified atom stereocenters. The average molecular weight is 329 g/mol. The first-order valence-electron chi connectivity index (χ1n) is 8.62. The number of benzene rings is 1. The SMILES string of the molecule is CCCCC(CN)NC(=O)CC1c2ccccc2C=CN1C(C)=O. The second-order valence-corrected chi connectivity index (χ2v) is 6.23. The number of amides is 2. The molecule has 24 heavy (non-hydrogen) atoms. The lowest BCUT2D eigenvalue weighted by molar-refractivity contribution is -0.130. The predicted octanol–water partition coefficient (Wildman–Crippen LogP) is 2.58. The van der Waals surface area contributed by atoms with Gasteiger partial charge in [-0.25, -0.2) is 0 Å². The molecule has 0 fully saturated rings. The Kier molecular flexibility index (Phi) is 6.55. The van der Waals surface area contributed by atoms with E-state index in [1.807, 2.05) is 30.3 Å². The summed E-state index contributed by atoms with van der Waals surface area (Å²) in [7, 11) is 0. The molecule has 1 aromatic rings. The van der Waals surface area contributed by atoms with Gasteiger partial charge >= 0.3 is 0 Å². The van der Waals surface area contributed by atoms with Gasteiger partial charge in [-0.15, -0.1) is 0 Å². The van der Waals surface area contributed by atoms with Crippen LogP contribution in [0, 0.1) is 0 Å². The number of fused-ring (bicyclic) bond motifs is 1. The molecule has 3 N–H and O–H groups in total. The summed E-state index contributed by atoms with van der Waals surface area (Å²) < 4.78 is 0. The highest BCUT2D eigenvalue weighted by Crippen LogP contribution is 2.32. The van der Waals surface area contributed by atoms with Crippen LogP contribution in [0.3, 0.4) is 0 Å². The third-order valence-corrected chi connectivity index (χ3v) is 4.40. The van der Waals surface area contributed by atoms with Crippen LogP contribution in [-0.2, 0) is 9.59 Å². The van der Waals surface area contributed by atoms with Gasteiger partial charge in [-0.3, -0.25) is 9.59 Å². The minimum Gasteiger partial charge on any atom is -0.352 e. The Morgan fingerprint density at radius 3 is 2.75 bits per heavy atom. The Bertz CT molecular complexity index is 612. The molecule has 2 amide bonds. The summed E-state index contributed by atoms with van der Waals surface area (Å²) >= 11 is 0.